The van der Waals surface area contributed by atoms with Crippen molar-refractivity contribution < 1.29 is 4.79 Å². The zero-order valence-corrected chi connectivity index (χ0v) is 14.0. The van der Waals surface area contributed by atoms with E-state index in [1.165, 1.54) is 23.3 Å². The molecule has 2 heterocycles. The lowest BCUT2D eigenvalue weighted by Gasteiger charge is -2.23. The number of carbonyl (C=O) groups is 1. The maximum Gasteiger partial charge on any atom is 0.261 e. The van der Waals surface area contributed by atoms with Gasteiger partial charge in [-0.05, 0) is 61.3 Å². The number of amides is 1. The summed E-state index contributed by atoms with van der Waals surface area (Å²) in [5, 5.41) is 7.23. The number of thiophene rings is 2. The van der Waals surface area contributed by atoms with Crippen molar-refractivity contribution in [2.45, 2.75) is 24.8 Å². The zero-order valence-electron chi connectivity index (χ0n) is 12.3. The summed E-state index contributed by atoms with van der Waals surface area (Å²) in [6, 6.07) is 6.53. The van der Waals surface area contributed by atoms with Gasteiger partial charge in [0.1, 0.15) is 0 Å². The molecular weight excluding hydrogens is 300 g/mol. The Morgan fingerprint density at radius 3 is 2.76 bits per heavy atom. The molecule has 0 radical (unpaired) electrons. The number of hydrogen-bond acceptors (Lipinski definition) is 4. The van der Waals surface area contributed by atoms with Crippen LogP contribution in [-0.2, 0) is 0 Å². The van der Waals surface area contributed by atoms with Gasteiger partial charge in [0.25, 0.3) is 5.91 Å². The Balaban J connectivity index is 1.65. The van der Waals surface area contributed by atoms with Crippen molar-refractivity contribution in [1.82, 2.24) is 10.2 Å². The summed E-state index contributed by atoms with van der Waals surface area (Å²) >= 11 is 3.30. The Hall–Kier alpha value is -1.17. The first-order valence-corrected chi connectivity index (χ1v) is 8.98. The minimum atomic E-state index is 0.0790. The fraction of sp³-hybridized carbons (Fsp3) is 0.438. The first-order chi connectivity index (χ1) is 10.2. The molecule has 0 aromatic carbocycles. The number of carbonyl (C=O) groups excluding carboxylic acids is 1. The van der Waals surface area contributed by atoms with Gasteiger partial charge in [0.15, 0.2) is 0 Å². The van der Waals surface area contributed by atoms with E-state index in [4.69, 9.17) is 0 Å². The third-order valence-electron chi connectivity index (χ3n) is 3.87. The lowest BCUT2D eigenvalue weighted by atomic mass is 10.1. The normalized spacial score (nSPS) is 16.1. The third kappa shape index (κ3) is 3.36. The van der Waals surface area contributed by atoms with Crippen molar-refractivity contribution in [3.8, 4) is 0 Å². The van der Waals surface area contributed by atoms with Gasteiger partial charge in [-0.25, -0.2) is 0 Å². The quantitative estimate of drug-likeness (QED) is 0.880. The molecule has 3 nitrogen and oxygen atoms in total. The van der Waals surface area contributed by atoms with E-state index >= 15 is 0 Å². The summed E-state index contributed by atoms with van der Waals surface area (Å²) in [6.07, 6.45) is 2.46. The molecule has 1 atom stereocenters. The van der Waals surface area contributed by atoms with Crippen LogP contribution in [0.2, 0.25) is 0 Å². The van der Waals surface area contributed by atoms with Crippen molar-refractivity contribution in [2.75, 3.05) is 20.6 Å². The van der Waals surface area contributed by atoms with E-state index < -0.39 is 0 Å². The summed E-state index contributed by atoms with van der Waals surface area (Å²) in [5.41, 5.74) is 1.25. The molecule has 2 aromatic heterocycles. The molecule has 1 amide bonds. The van der Waals surface area contributed by atoms with Crippen LogP contribution in [0.25, 0.3) is 0 Å². The number of hydrogen-bond donors (Lipinski definition) is 1. The van der Waals surface area contributed by atoms with Crippen LogP contribution in [0.3, 0.4) is 0 Å². The van der Waals surface area contributed by atoms with E-state index in [0.717, 1.165) is 4.88 Å². The molecule has 1 fully saturated rings. The summed E-state index contributed by atoms with van der Waals surface area (Å²) in [6.45, 7) is 0.647. The number of likely N-dealkylation sites (N-methyl/N-ethyl adjacent to an activating group) is 1. The second-order valence-corrected chi connectivity index (χ2v) is 7.58. The predicted octanol–water partition coefficient (Wildman–Crippen LogP) is 3.72. The maximum atomic E-state index is 12.4. The van der Waals surface area contributed by atoms with Gasteiger partial charge in [-0.1, -0.05) is 6.07 Å². The molecular formula is C16H20N2OS2. The van der Waals surface area contributed by atoms with Crippen molar-refractivity contribution >= 4 is 28.6 Å². The van der Waals surface area contributed by atoms with Crippen molar-refractivity contribution in [2.24, 2.45) is 0 Å². The van der Waals surface area contributed by atoms with Gasteiger partial charge < -0.3 is 10.2 Å². The Morgan fingerprint density at radius 1 is 1.33 bits per heavy atom. The molecule has 1 aliphatic rings. The van der Waals surface area contributed by atoms with Crippen LogP contribution < -0.4 is 5.32 Å². The second kappa shape index (κ2) is 6.30. The van der Waals surface area contributed by atoms with E-state index in [9.17, 15) is 4.79 Å². The van der Waals surface area contributed by atoms with Crippen molar-refractivity contribution in [3.05, 3.63) is 44.3 Å². The third-order valence-corrected chi connectivity index (χ3v) is 5.77. The monoisotopic (exact) mass is 320 g/mol. The molecule has 5 heteroatoms. The van der Waals surface area contributed by atoms with Gasteiger partial charge in [-0.15, -0.1) is 22.7 Å². The van der Waals surface area contributed by atoms with E-state index in [1.807, 2.05) is 5.38 Å². The van der Waals surface area contributed by atoms with Gasteiger partial charge in [0, 0.05) is 11.4 Å². The second-order valence-electron chi connectivity index (χ2n) is 5.68. The van der Waals surface area contributed by atoms with Gasteiger partial charge in [0.2, 0.25) is 0 Å². The highest BCUT2D eigenvalue weighted by Gasteiger charge is 2.29. The van der Waals surface area contributed by atoms with E-state index in [-0.39, 0.29) is 11.9 Å². The van der Waals surface area contributed by atoms with Crippen molar-refractivity contribution in [3.63, 3.8) is 0 Å². The van der Waals surface area contributed by atoms with Crippen LogP contribution in [0.4, 0.5) is 0 Å². The van der Waals surface area contributed by atoms with Gasteiger partial charge in [0.05, 0.1) is 10.9 Å². The molecule has 21 heavy (non-hydrogen) atoms. The highest BCUT2D eigenvalue weighted by molar-refractivity contribution is 7.12. The molecule has 0 aliphatic heterocycles. The first-order valence-electron chi connectivity index (χ1n) is 7.22. The molecule has 0 spiro atoms. The van der Waals surface area contributed by atoms with Gasteiger partial charge >= 0.3 is 0 Å². The zero-order chi connectivity index (χ0) is 14.8. The van der Waals surface area contributed by atoms with Crippen LogP contribution in [0, 0.1) is 0 Å². The highest BCUT2D eigenvalue weighted by Crippen LogP contribution is 2.43. The van der Waals surface area contributed by atoms with Gasteiger partial charge in [-0.2, -0.15) is 0 Å². The van der Waals surface area contributed by atoms with E-state index in [1.54, 1.807) is 22.7 Å². The molecule has 1 aliphatic carbocycles. The molecule has 112 valence electrons. The highest BCUT2D eigenvalue weighted by atomic mass is 32.1. The standard InChI is InChI=1S/C16H20N2OS2/c1-18(2)13(14-4-3-8-20-14)10-17-16(19)15-12(7-9-21-15)11-5-6-11/h3-4,7-9,11,13H,5-6,10H2,1-2H3,(H,17,19)/t13-/m0/s1. The fourth-order valence-electron chi connectivity index (χ4n) is 2.51. The summed E-state index contributed by atoms with van der Waals surface area (Å²) in [4.78, 5) is 16.8. The first kappa shape index (κ1) is 14.8. The number of nitrogens with zero attached hydrogens (tertiary/aromatic N) is 1. The Kier molecular flexibility index (Phi) is 4.42. The summed E-state index contributed by atoms with van der Waals surface area (Å²) in [7, 11) is 4.11. The minimum absolute atomic E-state index is 0.0790. The summed E-state index contributed by atoms with van der Waals surface area (Å²) in [5.74, 6) is 0.703. The van der Waals surface area contributed by atoms with E-state index in [2.05, 4.69) is 47.9 Å². The average molecular weight is 320 g/mol. The maximum absolute atomic E-state index is 12.4. The SMILES string of the molecule is CN(C)[C@@H](CNC(=O)c1sccc1C1CC1)c1cccs1. The van der Waals surface area contributed by atoms with Crippen LogP contribution >= 0.6 is 22.7 Å². The molecule has 3 rings (SSSR count). The van der Waals surface area contributed by atoms with Crippen LogP contribution in [0.5, 0.6) is 0 Å². The molecule has 1 N–H and O–H groups in total. The van der Waals surface area contributed by atoms with Crippen LogP contribution in [0.15, 0.2) is 29.0 Å². The lowest BCUT2D eigenvalue weighted by molar-refractivity contribution is 0.0945. The number of rotatable bonds is 6. The molecule has 0 bridgehead atoms. The predicted molar refractivity (Wildman–Crippen MR) is 89.4 cm³/mol. The Bertz CT molecular complexity index is 600. The topological polar surface area (TPSA) is 32.3 Å². The molecule has 1 saturated carbocycles. The Labute approximate surface area is 133 Å². The largest absolute Gasteiger partial charge is 0.349 e. The molecule has 0 saturated heterocycles. The summed E-state index contributed by atoms with van der Waals surface area (Å²) < 4.78 is 0. The van der Waals surface area contributed by atoms with Crippen LogP contribution in [-0.4, -0.2) is 31.4 Å². The van der Waals surface area contributed by atoms with Crippen LogP contribution in [0.1, 0.15) is 44.9 Å². The average Bonchev–Trinajstić information content (AvgIpc) is 2.97. The van der Waals surface area contributed by atoms with Crippen molar-refractivity contribution in [1.29, 1.82) is 0 Å². The molecule has 2 aromatic rings. The smallest absolute Gasteiger partial charge is 0.261 e. The number of nitrogens with one attached hydrogen (secondary N) is 1. The minimum Gasteiger partial charge on any atom is -0.349 e. The van der Waals surface area contributed by atoms with E-state index in [0.29, 0.717) is 12.5 Å². The van der Waals surface area contributed by atoms with Gasteiger partial charge in [-0.3, -0.25) is 4.79 Å². The fourth-order valence-corrected chi connectivity index (χ4v) is 4.33. The Morgan fingerprint density at radius 2 is 2.14 bits per heavy atom. The molecule has 0 unspecified atom stereocenters. The lowest BCUT2D eigenvalue weighted by Crippen LogP contribution is -2.34.